The third-order valence-corrected chi connectivity index (χ3v) is 2.66. The standard InChI is InChI=1S/C15H23NO2/c1-15(2,3)18-14-10-12(17-11-6-7-11)8-9-13(14)16(4)5/h8-11H,6-7H2,1-5H3. The fourth-order valence-corrected chi connectivity index (χ4v) is 1.73. The Bertz CT molecular complexity index is 417. The van der Waals surface area contributed by atoms with Crippen LogP contribution in [0.4, 0.5) is 5.69 Å². The Morgan fingerprint density at radius 3 is 2.33 bits per heavy atom. The van der Waals surface area contributed by atoms with Crippen LogP contribution in [-0.2, 0) is 0 Å². The number of anilines is 1. The molecule has 0 bridgehead atoms. The van der Waals surface area contributed by atoms with E-state index >= 15 is 0 Å². The molecular weight excluding hydrogens is 226 g/mol. The van der Waals surface area contributed by atoms with Crippen LogP contribution in [0.2, 0.25) is 0 Å². The molecule has 100 valence electrons. The van der Waals surface area contributed by atoms with Crippen molar-refractivity contribution in [2.75, 3.05) is 19.0 Å². The maximum atomic E-state index is 6.02. The molecule has 1 aromatic rings. The van der Waals surface area contributed by atoms with Crippen LogP contribution >= 0.6 is 0 Å². The van der Waals surface area contributed by atoms with Gasteiger partial charge in [0.25, 0.3) is 0 Å². The number of benzene rings is 1. The van der Waals surface area contributed by atoms with E-state index in [1.54, 1.807) is 0 Å². The van der Waals surface area contributed by atoms with Crippen molar-refractivity contribution in [3.8, 4) is 11.5 Å². The second-order valence-electron chi connectivity index (χ2n) is 6.06. The van der Waals surface area contributed by atoms with Gasteiger partial charge in [0.1, 0.15) is 17.1 Å². The summed E-state index contributed by atoms with van der Waals surface area (Å²) in [6, 6.07) is 6.07. The Labute approximate surface area is 110 Å². The van der Waals surface area contributed by atoms with Crippen LogP contribution in [0.15, 0.2) is 18.2 Å². The Balaban J connectivity index is 2.24. The molecule has 18 heavy (non-hydrogen) atoms. The van der Waals surface area contributed by atoms with Crippen molar-refractivity contribution in [1.29, 1.82) is 0 Å². The Hall–Kier alpha value is -1.38. The van der Waals surface area contributed by atoms with Gasteiger partial charge in [-0.25, -0.2) is 0 Å². The number of hydrogen-bond donors (Lipinski definition) is 0. The molecule has 0 aliphatic heterocycles. The second-order valence-corrected chi connectivity index (χ2v) is 6.06. The average molecular weight is 249 g/mol. The van der Waals surface area contributed by atoms with Crippen molar-refractivity contribution in [3.05, 3.63) is 18.2 Å². The Morgan fingerprint density at radius 1 is 1.17 bits per heavy atom. The summed E-state index contributed by atoms with van der Waals surface area (Å²) in [7, 11) is 4.04. The Morgan fingerprint density at radius 2 is 1.83 bits per heavy atom. The van der Waals surface area contributed by atoms with Gasteiger partial charge in [0.15, 0.2) is 0 Å². The summed E-state index contributed by atoms with van der Waals surface area (Å²) in [6.45, 7) is 6.17. The van der Waals surface area contributed by atoms with E-state index in [1.165, 1.54) is 12.8 Å². The van der Waals surface area contributed by atoms with Crippen molar-refractivity contribution in [2.45, 2.75) is 45.3 Å². The van der Waals surface area contributed by atoms with Crippen LogP contribution in [0.5, 0.6) is 11.5 Å². The van der Waals surface area contributed by atoms with E-state index in [9.17, 15) is 0 Å². The van der Waals surface area contributed by atoms with E-state index in [2.05, 4.69) is 31.7 Å². The van der Waals surface area contributed by atoms with Gasteiger partial charge in [0.2, 0.25) is 0 Å². The van der Waals surface area contributed by atoms with Crippen molar-refractivity contribution < 1.29 is 9.47 Å². The molecule has 1 fully saturated rings. The molecule has 0 unspecified atom stereocenters. The van der Waals surface area contributed by atoms with Crippen molar-refractivity contribution in [3.63, 3.8) is 0 Å². The van der Waals surface area contributed by atoms with Crippen LogP contribution in [0.25, 0.3) is 0 Å². The van der Waals surface area contributed by atoms with Crippen LogP contribution < -0.4 is 14.4 Å². The molecule has 3 heteroatoms. The number of ether oxygens (including phenoxy) is 2. The summed E-state index contributed by atoms with van der Waals surface area (Å²) >= 11 is 0. The van der Waals surface area contributed by atoms with Crippen LogP contribution in [0, 0.1) is 0 Å². The third kappa shape index (κ3) is 3.56. The van der Waals surface area contributed by atoms with Gasteiger partial charge in [0, 0.05) is 20.2 Å². The second kappa shape index (κ2) is 4.71. The number of nitrogens with zero attached hydrogens (tertiary/aromatic N) is 1. The molecule has 0 N–H and O–H groups in total. The molecule has 0 spiro atoms. The van der Waals surface area contributed by atoms with E-state index in [4.69, 9.17) is 9.47 Å². The van der Waals surface area contributed by atoms with Gasteiger partial charge in [-0.05, 0) is 45.7 Å². The summed E-state index contributed by atoms with van der Waals surface area (Å²) < 4.78 is 11.8. The van der Waals surface area contributed by atoms with Crippen LogP contribution in [0.1, 0.15) is 33.6 Å². The molecule has 3 nitrogen and oxygen atoms in total. The first-order valence-corrected chi connectivity index (χ1v) is 6.52. The molecule has 0 aromatic heterocycles. The summed E-state index contributed by atoms with van der Waals surface area (Å²) in [4.78, 5) is 2.06. The monoisotopic (exact) mass is 249 g/mol. The number of rotatable bonds is 4. The zero-order valence-corrected chi connectivity index (χ0v) is 12.0. The normalized spacial score (nSPS) is 15.4. The highest BCUT2D eigenvalue weighted by Gasteiger charge is 2.24. The highest BCUT2D eigenvalue weighted by molar-refractivity contribution is 5.60. The molecule has 1 aromatic carbocycles. The lowest BCUT2D eigenvalue weighted by Gasteiger charge is -2.26. The highest BCUT2D eigenvalue weighted by atomic mass is 16.5. The minimum Gasteiger partial charge on any atom is -0.490 e. The lowest BCUT2D eigenvalue weighted by Crippen LogP contribution is -2.24. The molecule has 0 heterocycles. The summed E-state index contributed by atoms with van der Waals surface area (Å²) in [5, 5.41) is 0. The fraction of sp³-hybridized carbons (Fsp3) is 0.600. The van der Waals surface area contributed by atoms with Gasteiger partial charge in [-0.2, -0.15) is 0 Å². The SMILES string of the molecule is CN(C)c1ccc(OC2CC2)cc1OC(C)(C)C. The van der Waals surface area contributed by atoms with Gasteiger partial charge in [0.05, 0.1) is 11.8 Å². The smallest absolute Gasteiger partial charge is 0.147 e. The quantitative estimate of drug-likeness (QED) is 0.815. The zero-order valence-electron chi connectivity index (χ0n) is 12.0. The van der Waals surface area contributed by atoms with Crippen molar-refractivity contribution in [2.24, 2.45) is 0 Å². The molecule has 1 saturated carbocycles. The number of hydrogen-bond acceptors (Lipinski definition) is 3. The summed E-state index contributed by atoms with van der Waals surface area (Å²) in [5.74, 6) is 1.79. The third-order valence-electron chi connectivity index (χ3n) is 2.66. The molecule has 2 rings (SSSR count). The molecule has 0 radical (unpaired) electrons. The van der Waals surface area contributed by atoms with Gasteiger partial charge >= 0.3 is 0 Å². The topological polar surface area (TPSA) is 21.7 Å². The van der Waals surface area contributed by atoms with Gasteiger partial charge in [-0.15, -0.1) is 0 Å². The first kappa shape index (κ1) is 13.1. The maximum absolute atomic E-state index is 6.02. The minimum atomic E-state index is -0.205. The van der Waals surface area contributed by atoms with E-state index in [1.807, 2.05) is 26.2 Å². The molecule has 1 aliphatic rings. The predicted molar refractivity (Wildman–Crippen MR) is 74.8 cm³/mol. The average Bonchev–Trinajstić information content (AvgIpc) is 2.98. The summed E-state index contributed by atoms with van der Waals surface area (Å²) in [5.41, 5.74) is 0.872. The molecule has 1 aliphatic carbocycles. The summed E-state index contributed by atoms with van der Waals surface area (Å²) in [6.07, 6.45) is 2.76. The van der Waals surface area contributed by atoms with Crippen molar-refractivity contribution in [1.82, 2.24) is 0 Å². The van der Waals surface area contributed by atoms with E-state index in [-0.39, 0.29) is 5.60 Å². The molecular formula is C15H23NO2. The predicted octanol–water partition coefficient (Wildman–Crippen LogP) is 3.47. The first-order valence-electron chi connectivity index (χ1n) is 6.52. The zero-order chi connectivity index (χ0) is 13.3. The Kier molecular flexibility index (Phi) is 3.42. The highest BCUT2D eigenvalue weighted by Crippen LogP contribution is 2.36. The molecule has 0 amide bonds. The molecule has 0 saturated heterocycles. The van der Waals surface area contributed by atoms with E-state index in [0.717, 1.165) is 17.2 Å². The minimum absolute atomic E-state index is 0.205. The largest absolute Gasteiger partial charge is 0.490 e. The van der Waals surface area contributed by atoms with Gasteiger partial charge in [-0.1, -0.05) is 0 Å². The molecule has 0 atom stereocenters. The van der Waals surface area contributed by atoms with E-state index < -0.39 is 0 Å². The first-order chi connectivity index (χ1) is 8.35. The van der Waals surface area contributed by atoms with E-state index in [0.29, 0.717) is 6.10 Å². The maximum Gasteiger partial charge on any atom is 0.147 e. The van der Waals surface area contributed by atoms with Crippen molar-refractivity contribution >= 4 is 5.69 Å². The fourth-order valence-electron chi connectivity index (χ4n) is 1.73. The van der Waals surface area contributed by atoms with Crippen LogP contribution in [-0.4, -0.2) is 25.8 Å². The lowest BCUT2D eigenvalue weighted by atomic mass is 10.2. The van der Waals surface area contributed by atoms with Gasteiger partial charge in [-0.3, -0.25) is 0 Å². The van der Waals surface area contributed by atoms with Crippen LogP contribution in [0.3, 0.4) is 0 Å². The van der Waals surface area contributed by atoms with Gasteiger partial charge < -0.3 is 14.4 Å². The lowest BCUT2D eigenvalue weighted by molar-refractivity contribution is 0.131.